The minimum atomic E-state index is -1.23. The van der Waals surface area contributed by atoms with Gasteiger partial charge >= 0.3 is 5.97 Å². The van der Waals surface area contributed by atoms with Crippen LogP contribution in [0, 0.1) is 11.6 Å². The number of para-hydroxylation sites is 1. The lowest BCUT2D eigenvalue weighted by Gasteiger charge is -2.13. The Morgan fingerprint density at radius 2 is 1.80 bits per heavy atom. The smallest absolute Gasteiger partial charge is 0.340 e. The fourth-order valence-corrected chi connectivity index (χ4v) is 2.42. The number of hydrogen-bond donors (Lipinski definition) is 1. The molecule has 0 aromatic heterocycles. The highest BCUT2D eigenvalue weighted by molar-refractivity contribution is 6.33. The van der Waals surface area contributed by atoms with E-state index in [1.807, 2.05) is 26.0 Å². The maximum absolute atomic E-state index is 13.2. The molecule has 0 spiro atoms. The highest BCUT2D eigenvalue weighted by Crippen LogP contribution is 2.24. The van der Waals surface area contributed by atoms with Crippen molar-refractivity contribution in [3.8, 4) is 0 Å². The lowest BCUT2D eigenvalue weighted by molar-refractivity contribution is -0.119. The van der Waals surface area contributed by atoms with Crippen LogP contribution >= 0.6 is 11.6 Å². The van der Waals surface area contributed by atoms with E-state index in [0.29, 0.717) is 17.8 Å². The first-order chi connectivity index (χ1) is 11.8. The zero-order valence-corrected chi connectivity index (χ0v) is 14.4. The molecule has 0 aliphatic heterocycles. The number of esters is 1. The molecule has 7 heteroatoms. The molecule has 0 saturated heterocycles. The second-order valence-electron chi connectivity index (χ2n) is 5.61. The van der Waals surface area contributed by atoms with E-state index in [2.05, 4.69) is 5.32 Å². The number of hydrogen-bond acceptors (Lipinski definition) is 3. The van der Waals surface area contributed by atoms with Gasteiger partial charge in [0.25, 0.3) is 5.91 Å². The third kappa shape index (κ3) is 4.76. The summed E-state index contributed by atoms with van der Waals surface area (Å²) < 4.78 is 31.0. The van der Waals surface area contributed by atoms with Crippen molar-refractivity contribution in [3.63, 3.8) is 0 Å². The van der Waals surface area contributed by atoms with Crippen LogP contribution in [0.4, 0.5) is 14.5 Å². The zero-order chi connectivity index (χ0) is 18.6. The second kappa shape index (κ2) is 8.07. The van der Waals surface area contributed by atoms with E-state index >= 15 is 0 Å². The Morgan fingerprint density at radius 3 is 2.48 bits per heavy atom. The van der Waals surface area contributed by atoms with Crippen LogP contribution in [0.3, 0.4) is 0 Å². The van der Waals surface area contributed by atoms with Gasteiger partial charge in [0.2, 0.25) is 0 Å². The Morgan fingerprint density at radius 1 is 1.16 bits per heavy atom. The topological polar surface area (TPSA) is 55.4 Å². The summed E-state index contributed by atoms with van der Waals surface area (Å²) in [5, 5.41) is 2.35. The molecule has 25 heavy (non-hydrogen) atoms. The Labute approximate surface area is 148 Å². The highest BCUT2D eigenvalue weighted by atomic mass is 35.5. The number of amides is 1. The van der Waals surface area contributed by atoms with Crippen molar-refractivity contribution in [2.75, 3.05) is 11.9 Å². The summed E-state index contributed by atoms with van der Waals surface area (Å²) in [6.07, 6.45) is 0. The third-order valence-corrected chi connectivity index (χ3v) is 3.73. The van der Waals surface area contributed by atoms with Crippen LogP contribution in [0.25, 0.3) is 0 Å². The summed E-state index contributed by atoms with van der Waals surface area (Å²) in [6.45, 7) is 3.38. The van der Waals surface area contributed by atoms with Crippen molar-refractivity contribution in [2.24, 2.45) is 0 Å². The van der Waals surface area contributed by atoms with Crippen molar-refractivity contribution < 1.29 is 23.1 Å². The minimum Gasteiger partial charge on any atom is -0.452 e. The molecular weight excluding hydrogens is 352 g/mol. The van der Waals surface area contributed by atoms with E-state index < -0.39 is 30.1 Å². The number of carbonyl (C=O) groups is 2. The van der Waals surface area contributed by atoms with Crippen LogP contribution in [0.2, 0.25) is 5.02 Å². The SMILES string of the molecule is CC(C)c1ccccc1NC(=O)COC(=O)c1cc(F)c(F)cc1Cl. The molecule has 0 fully saturated rings. The van der Waals surface area contributed by atoms with Crippen LogP contribution in [0.5, 0.6) is 0 Å². The Bertz CT molecular complexity index is 809. The van der Waals surface area contributed by atoms with Gasteiger partial charge in [-0.15, -0.1) is 0 Å². The molecule has 1 N–H and O–H groups in total. The lowest BCUT2D eigenvalue weighted by Crippen LogP contribution is -2.22. The van der Waals surface area contributed by atoms with Gasteiger partial charge in [-0.1, -0.05) is 43.6 Å². The average Bonchev–Trinajstić information content (AvgIpc) is 2.56. The highest BCUT2D eigenvalue weighted by Gasteiger charge is 2.18. The summed E-state index contributed by atoms with van der Waals surface area (Å²) >= 11 is 5.69. The van der Waals surface area contributed by atoms with Crippen LogP contribution in [0.15, 0.2) is 36.4 Å². The first-order valence-corrected chi connectivity index (χ1v) is 7.87. The first kappa shape index (κ1) is 18.9. The average molecular weight is 368 g/mol. The molecule has 0 unspecified atom stereocenters. The van der Waals surface area contributed by atoms with E-state index in [1.54, 1.807) is 12.1 Å². The number of halogens is 3. The van der Waals surface area contributed by atoms with Gasteiger partial charge in [0.05, 0.1) is 10.6 Å². The van der Waals surface area contributed by atoms with Crippen molar-refractivity contribution in [3.05, 3.63) is 64.2 Å². The normalized spacial score (nSPS) is 10.6. The second-order valence-corrected chi connectivity index (χ2v) is 6.02. The molecule has 132 valence electrons. The van der Waals surface area contributed by atoms with Crippen LogP contribution < -0.4 is 5.32 Å². The van der Waals surface area contributed by atoms with Gasteiger partial charge in [0.1, 0.15) is 0 Å². The van der Waals surface area contributed by atoms with Gasteiger partial charge in [0, 0.05) is 5.69 Å². The van der Waals surface area contributed by atoms with Crippen molar-refractivity contribution in [1.29, 1.82) is 0 Å². The van der Waals surface area contributed by atoms with Crippen molar-refractivity contribution in [2.45, 2.75) is 19.8 Å². The van der Waals surface area contributed by atoms with Gasteiger partial charge in [-0.05, 0) is 29.7 Å². The summed E-state index contributed by atoms with van der Waals surface area (Å²) in [6, 6.07) is 8.55. The van der Waals surface area contributed by atoms with Crippen LogP contribution in [0.1, 0.15) is 35.7 Å². The van der Waals surface area contributed by atoms with E-state index in [9.17, 15) is 18.4 Å². The monoisotopic (exact) mass is 367 g/mol. The number of ether oxygens (including phenoxy) is 1. The molecule has 0 atom stereocenters. The molecule has 0 aliphatic rings. The first-order valence-electron chi connectivity index (χ1n) is 7.50. The molecule has 0 bridgehead atoms. The number of nitrogens with one attached hydrogen (secondary N) is 1. The van der Waals surface area contributed by atoms with Crippen molar-refractivity contribution >= 4 is 29.2 Å². The molecule has 1 amide bonds. The Hall–Kier alpha value is -2.47. The van der Waals surface area contributed by atoms with Gasteiger partial charge in [0.15, 0.2) is 18.2 Å². The minimum absolute atomic E-state index is 0.194. The largest absolute Gasteiger partial charge is 0.452 e. The molecule has 2 rings (SSSR count). The van der Waals surface area contributed by atoms with Crippen LogP contribution in [-0.4, -0.2) is 18.5 Å². The van der Waals surface area contributed by atoms with Gasteiger partial charge in [-0.2, -0.15) is 0 Å². The van der Waals surface area contributed by atoms with E-state index in [1.165, 1.54) is 0 Å². The summed E-state index contributed by atoms with van der Waals surface area (Å²) in [5.41, 5.74) is 1.20. The van der Waals surface area contributed by atoms with Gasteiger partial charge < -0.3 is 10.1 Å². The van der Waals surface area contributed by atoms with E-state index in [0.717, 1.165) is 5.56 Å². The number of benzene rings is 2. The number of anilines is 1. The number of rotatable bonds is 5. The summed E-state index contributed by atoms with van der Waals surface area (Å²) in [5.74, 6) is -3.78. The fourth-order valence-electron chi connectivity index (χ4n) is 2.19. The fraction of sp³-hybridized carbons (Fsp3) is 0.222. The summed E-state index contributed by atoms with van der Waals surface area (Å²) in [4.78, 5) is 23.9. The standard InChI is InChI=1S/C18H16ClF2NO3/c1-10(2)11-5-3-4-6-16(11)22-17(23)9-25-18(24)12-7-14(20)15(21)8-13(12)19/h3-8,10H,9H2,1-2H3,(H,22,23). The Kier molecular flexibility index (Phi) is 6.09. The van der Waals surface area contributed by atoms with Crippen molar-refractivity contribution in [1.82, 2.24) is 0 Å². The molecular formula is C18H16ClF2NO3. The van der Waals surface area contributed by atoms with Gasteiger partial charge in [-0.25, -0.2) is 13.6 Å². The van der Waals surface area contributed by atoms with Crippen LogP contribution in [-0.2, 0) is 9.53 Å². The molecule has 0 saturated carbocycles. The molecule has 4 nitrogen and oxygen atoms in total. The molecule has 0 aliphatic carbocycles. The summed E-state index contributed by atoms with van der Waals surface area (Å²) in [7, 11) is 0. The quantitative estimate of drug-likeness (QED) is 0.623. The molecule has 0 radical (unpaired) electrons. The predicted octanol–water partition coefficient (Wildman–Crippen LogP) is 4.54. The zero-order valence-electron chi connectivity index (χ0n) is 13.6. The maximum Gasteiger partial charge on any atom is 0.340 e. The molecule has 2 aromatic carbocycles. The Balaban J connectivity index is 2.01. The number of carbonyl (C=O) groups excluding carboxylic acids is 2. The predicted molar refractivity (Wildman–Crippen MR) is 90.8 cm³/mol. The lowest BCUT2D eigenvalue weighted by atomic mass is 10.0. The maximum atomic E-state index is 13.2. The third-order valence-electron chi connectivity index (χ3n) is 3.42. The molecule has 2 aromatic rings. The van der Waals surface area contributed by atoms with E-state index in [-0.39, 0.29) is 16.5 Å². The van der Waals surface area contributed by atoms with E-state index in [4.69, 9.17) is 16.3 Å². The molecule has 0 heterocycles. The van der Waals surface area contributed by atoms with Gasteiger partial charge in [-0.3, -0.25) is 4.79 Å².